The normalized spacial score (nSPS) is 10.8. The standard InChI is InChI=1S/2C18H14O.C14H10O.C12H17N.2C10H12.C6H4ClN.C6H8N.2Mo/c2*19-18-16(14-8-3-1-4-9-14)12-7-13-17(18)15-10-5-2-6-11-15;15-13-7-3-5-11-9-8-10-4-1-2-6-12(10)14(11)13;1-8(2)10-6-5-7-11(9(3)4)12(10)13;2*1-10(2,3)9-7-5-4-6-8-9;7-5-3-1-2-4-6(5)8;1-5-3-4-6(2)7-5;;/h2*1-13,19H;1-9,15H;5-9H,1-4H3;2*1,4-8H,2-3H3;1-4H;3-4H,1-2H3;;/q;;;;;;;-1;;. The van der Waals surface area contributed by atoms with E-state index in [9.17, 15) is 15.3 Å². The molecule has 9 heteroatoms. The van der Waals surface area contributed by atoms with Crippen molar-refractivity contribution in [2.75, 3.05) is 0 Å². The van der Waals surface area contributed by atoms with Gasteiger partial charge in [-0.3, -0.25) is 0 Å². The first-order valence-corrected chi connectivity index (χ1v) is 39.2. The van der Waals surface area contributed by atoms with Crippen molar-refractivity contribution in [3.8, 4) is 61.8 Å². The molecule has 1 aromatic heterocycles. The number of aryl methyl sites for hydroxylation is 2. The van der Waals surface area contributed by atoms with Crippen LogP contribution in [-0.2, 0) is 46.7 Å². The average Bonchev–Trinajstić information content (AvgIpc) is 1.01. The Hall–Kier alpha value is -9.93. The molecule has 0 saturated heterocycles. The van der Waals surface area contributed by atoms with Gasteiger partial charge in [0.1, 0.15) is 17.2 Å². The monoisotopic (exact) mass is 1540 g/mol. The first-order chi connectivity index (χ1) is 49.8. The molecule has 0 atom stereocenters. The van der Waals surface area contributed by atoms with Crippen molar-refractivity contribution in [3.63, 3.8) is 0 Å². The molecule has 0 radical (unpaired) electrons. The molecule has 6 nitrogen and oxygen atoms in total. The van der Waals surface area contributed by atoms with Gasteiger partial charge in [-0.1, -0.05) is 232 Å². The van der Waals surface area contributed by atoms with Crippen LogP contribution in [-0.4, -0.2) is 24.1 Å². The second kappa shape index (κ2) is 38.4. The molecule has 0 aliphatic carbocycles. The number of nitrogens with zero attached hydrogens (tertiary/aromatic N) is 3. The molecule has 0 amide bonds. The zero-order valence-electron chi connectivity index (χ0n) is 60.4. The van der Waals surface area contributed by atoms with Crippen LogP contribution in [0.15, 0.2) is 335 Å². The minimum Gasteiger partial charge on any atom is -0.665 e. The van der Waals surface area contributed by atoms with Crippen molar-refractivity contribution in [3.05, 3.63) is 366 Å². The van der Waals surface area contributed by atoms with Gasteiger partial charge in [-0.2, -0.15) is 11.4 Å². The van der Waals surface area contributed by atoms with E-state index >= 15 is 0 Å². The summed E-state index contributed by atoms with van der Waals surface area (Å²) in [7, 11) is 0. The molecule has 0 spiro atoms. The molecule has 103 heavy (non-hydrogen) atoms. The van der Waals surface area contributed by atoms with Crippen LogP contribution in [0.3, 0.4) is 0 Å². The van der Waals surface area contributed by atoms with Gasteiger partial charge in [0, 0.05) is 27.6 Å². The van der Waals surface area contributed by atoms with Crippen LogP contribution in [0.1, 0.15) is 101 Å². The number of halogens is 1. The molecule has 1 heterocycles. The maximum atomic E-state index is 10.5. The molecule has 14 rings (SSSR count). The number of aromatic nitrogens is 1. The Morgan fingerprint density at radius 1 is 0.359 bits per heavy atom. The third-order valence-corrected chi connectivity index (χ3v) is 22.5. The first kappa shape index (κ1) is 77.2. The smallest absolute Gasteiger partial charge is 0.131 e. The van der Waals surface area contributed by atoms with Gasteiger partial charge < -0.3 is 20.3 Å². The van der Waals surface area contributed by atoms with Crippen LogP contribution in [0, 0.1) is 13.8 Å². The largest absolute Gasteiger partial charge is 0.665 e. The van der Waals surface area contributed by atoms with E-state index in [-0.39, 0.29) is 10.8 Å². The van der Waals surface area contributed by atoms with E-state index in [0.717, 1.165) is 88.2 Å². The van der Waals surface area contributed by atoms with Gasteiger partial charge in [0.05, 0.1) is 0 Å². The van der Waals surface area contributed by atoms with E-state index in [2.05, 4.69) is 158 Å². The van der Waals surface area contributed by atoms with Crippen molar-refractivity contribution >= 4 is 53.3 Å². The summed E-state index contributed by atoms with van der Waals surface area (Å²) in [6, 6.07) is 109. The van der Waals surface area contributed by atoms with Crippen molar-refractivity contribution < 1.29 is 51.2 Å². The van der Waals surface area contributed by atoms with E-state index in [1.807, 2.05) is 250 Å². The van der Waals surface area contributed by atoms with E-state index in [4.69, 9.17) is 15.1 Å². The van der Waals surface area contributed by atoms with Crippen LogP contribution >= 0.6 is 11.6 Å². The van der Waals surface area contributed by atoms with Crippen LogP contribution in [0.2, 0.25) is 5.02 Å². The Bertz CT molecular complexity index is 4840. The Morgan fingerprint density at radius 3 is 1.10 bits per heavy atom. The zero-order valence-corrected chi connectivity index (χ0v) is 65.1. The number of aromatic hydroxyl groups is 3. The van der Waals surface area contributed by atoms with Gasteiger partial charge in [-0.05, 0) is 44.5 Å². The molecular formula is C94H91ClMo2N3O3-. The molecule has 520 valence electrons. The number of phenols is 3. The second-order valence-corrected chi connectivity index (χ2v) is 30.1. The van der Waals surface area contributed by atoms with Crippen LogP contribution < -0.4 is 4.98 Å². The number of benzene rings is 13. The molecule has 0 bridgehead atoms. The molecule has 14 aromatic rings. The van der Waals surface area contributed by atoms with Crippen molar-refractivity contribution in [2.45, 2.75) is 91.9 Å². The maximum Gasteiger partial charge on any atom is 0.131 e. The number of phenolic OH excluding ortho intramolecular Hbond substituents is 3. The summed E-state index contributed by atoms with van der Waals surface area (Å²) in [5.74, 6) is 2.04. The summed E-state index contributed by atoms with van der Waals surface area (Å²) >= 11 is 4.99. The van der Waals surface area contributed by atoms with Gasteiger partial charge in [0.15, 0.2) is 0 Å². The van der Waals surface area contributed by atoms with E-state index in [0.29, 0.717) is 29.1 Å². The number of hydrogen-bond donors (Lipinski definition) is 3. The predicted molar refractivity (Wildman–Crippen MR) is 432 cm³/mol. The Labute approximate surface area is 631 Å². The van der Waals surface area contributed by atoms with Gasteiger partial charge >= 0.3 is 283 Å². The molecule has 0 aliphatic heterocycles. The molecule has 0 aliphatic rings. The Balaban J connectivity index is 0.000000147. The van der Waals surface area contributed by atoms with E-state index < -0.39 is 35.8 Å². The summed E-state index contributed by atoms with van der Waals surface area (Å²) in [6.45, 7) is 22.1. The van der Waals surface area contributed by atoms with E-state index in [1.54, 1.807) is 6.07 Å². The van der Waals surface area contributed by atoms with Crippen molar-refractivity contribution in [1.29, 1.82) is 0 Å². The number of hydrogen-bond acceptors (Lipinski definition) is 5. The molecule has 3 N–H and O–H groups in total. The quantitative estimate of drug-likeness (QED) is 0.0838. The van der Waals surface area contributed by atoms with Crippen molar-refractivity contribution in [2.24, 2.45) is 6.99 Å². The first-order valence-electron chi connectivity index (χ1n) is 34.7. The van der Waals surface area contributed by atoms with Gasteiger partial charge in [0.2, 0.25) is 0 Å². The maximum absolute atomic E-state index is 10.5. The topological polar surface area (TPSA) is 99.5 Å². The molecule has 0 saturated carbocycles. The third kappa shape index (κ3) is 22.0. The van der Waals surface area contributed by atoms with Gasteiger partial charge in [-0.15, -0.1) is 0 Å². The molecule has 0 fully saturated rings. The SMILES string of the molecule is CC(C)([CH]=[Mo]=[N]c1ccccc1Cl)c1ccccc1.CC(C)c1cccc(C(C)C)c1[N]=[Mo]=[CH]C(C)(C)c1ccccc1.Cc1ccc(C)[n-]1.Oc1c(-c2ccccc2)cccc1-c1ccccc1.Oc1c(-c2ccccc2)cccc1-c1ccccc1.Oc1cccc2ccc3ccccc3c12. The van der Waals surface area contributed by atoms with Crippen LogP contribution in [0.25, 0.3) is 66.1 Å². The van der Waals surface area contributed by atoms with Crippen LogP contribution in [0.4, 0.5) is 11.4 Å². The number of fused-ring (bicyclic) bond motifs is 3. The summed E-state index contributed by atoms with van der Waals surface area (Å²) in [6.07, 6.45) is 0. The average molecular weight is 1540 g/mol. The number of rotatable bonds is 12. The summed E-state index contributed by atoms with van der Waals surface area (Å²) in [5, 5.41) is 35.9. The minimum atomic E-state index is -0.558. The Kier molecular flexibility index (Phi) is 28.8. The predicted octanol–water partition coefficient (Wildman–Crippen LogP) is 26.0. The molecule has 0 unspecified atom stereocenters. The third-order valence-electron chi connectivity index (χ3n) is 17.3. The van der Waals surface area contributed by atoms with Gasteiger partial charge in [-0.25, -0.2) is 0 Å². The fraction of sp³-hybridized carbons (Fsp3) is 0.149. The fourth-order valence-corrected chi connectivity index (χ4v) is 15.5. The van der Waals surface area contributed by atoms with Gasteiger partial charge in [0.25, 0.3) is 0 Å². The zero-order chi connectivity index (χ0) is 73.1. The second-order valence-electron chi connectivity index (χ2n) is 26.6. The van der Waals surface area contributed by atoms with Crippen LogP contribution in [0.5, 0.6) is 17.2 Å². The molecular weight excluding hydrogens is 1450 g/mol. The van der Waals surface area contributed by atoms with E-state index in [1.165, 1.54) is 27.9 Å². The summed E-state index contributed by atoms with van der Waals surface area (Å²) in [5.41, 5.74) is 17.5. The minimum absolute atomic E-state index is 0.0637. The van der Waals surface area contributed by atoms with Crippen molar-refractivity contribution in [1.82, 2.24) is 4.98 Å². The fourth-order valence-electron chi connectivity index (χ4n) is 11.6. The summed E-state index contributed by atoms with van der Waals surface area (Å²) in [4.78, 5) is 4.11. The number of para-hydroxylation sites is 2. The molecule has 13 aromatic carbocycles. The Morgan fingerprint density at radius 2 is 0.699 bits per heavy atom. The summed E-state index contributed by atoms with van der Waals surface area (Å²) < 4.78 is 14.6.